The molecule has 1 saturated carbocycles. The van der Waals surface area contributed by atoms with Gasteiger partial charge in [-0.2, -0.15) is 11.8 Å². The monoisotopic (exact) mass is 319 g/mol. The van der Waals surface area contributed by atoms with E-state index in [1.807, 2.05) is 18.8 Å². The first-order valence-corrected chi connectivity index (χ1v) is 9.47. The molecule has 0 heterocycles. The van der Waals surface area contributed by atoms with Crippen LogP contribution in [0.4, 0.5) is 0 Å². The van der Waals surface area contributed by atoms with Gasteiger partial charge in [-0.3, -0.25) is 4.99 Å². The lowest BCUT2D eigenvalue weighted by Crippen LogP contribution is -2.43. The molecule has 1 aliphatic carbocycles. The Labute approximate surface area is 139 Å². The minimum Gasteiger partial charge on any atom is -0.356 e. The number of thioether (sulfide) groups is 1. The predicted octanol–water partition coefficient (Wildman–Crippen LogP) is 3.55. The number of nitrogens with one attached hydrogen (secondary N) is 2. The SMILES string of the molecule is CN=C(NCC(C)c1ccc(C)cc1)NC1CCC(SC)C1. The Morgan fingerprint density at radius 1 is 1.32 bits per heavy atom. The first kappa shape index (κ1) is 17.2. The normalized spacial score (nSPS) is 23.4. The fourth-order valence-corrected chi connectivity index (χ4v) is 3.73. The zero-order chi connectivity index (χ0) is 15.9. The van der Waals surface area contributed by atoms with E-state index in [9.17, 15) is 0 Å². The maximum absolute atomic E-state index is 4.37. The van der Waals surface area contributed by atoms with E-state index < -0.39 is 0 Å². The maximum Gasteiger partial charge on any atom is 0.191 e. The van der Waals surface area contributed by atoms with Gasteiger partial charge >= 0.3 is 0 Å². The highest BCUT2D eigenvalue weighted by Crippen LogP contribution is 2.28. The summed E-state index contributed by atoms with van der Waals surface area (Å²) in [5, 5.41) is 7.85. The van der Waals surface area contributed by atoms with Gasteiger partial charge in [-0.1, -0.05) is 36.8 Å². The fraction of sp³-hybridized carbons (Fsp3) is 0.611. The van der Waals surface area contributed by atoms with Crippen LogP contribution in [0.3, 0.4) is 0 Å². The summed E-state index contributed by atoms with van der Waals surface area (Å²) in [4.78, 5) is 4.37. The number of hydrogen-bond acceptors (Lipinski definition) is 2. The molecule has 22 heavy (non-hydrogen) atoms. The van der Waals surface area contributed by atoms with E-state index in [0.717, 1.165) is 17.8 Å². The van der Waals surface area contributed by atoms with Crippen LogP contribution in [-0.2, 0) is 0 Å². The number of hydrogen-bond donors (Lipinski definition) is 2. The number of rotatable bonds is 5. The molecule has 3 atom stereocenters. The first-order valence-electron chi connectivity index (χ1n) is 8.19. The average Bonchev–Trinajstić information content (AvgIpc) is 2.99. The minimum absolute atomic E-state index is 0.474. The van der Waals surface area contributed by atoms with Gasteiger partial charge in [0, 0.05) is 24.9 Å². The Morgan fingerprint density at radius 3 is 2.64 bits per heavy atom. The molecule has 4 heteroatoms. The van der Waals surface area contributed by atoms with Crippen LogP contribution in [0, 0.1) is 6.92 Å². The molecule has 0 bridgehead atoms. The van der Waals surface area contributed by atoms with Crippen LogP contribution in [0.15, 0.2) is 29.3 Å². The fourth-order valence-electron chi connectivity index (χ4n) is 2.94. The summed E-state index contributed by atoms with van der Waals surface area (Å²) in [6, 6.07) is 9.37. The minimum atomic E-state index is 0.474. The van der Waals surface area contributed by atoms with Crippen molar-refractivity contribution in [1.82, 2.24) is 10.6 Å². The van der Waals surface area contributed by atoms with Crippen molar-refractivity contribution in [3.63, 3.8) is 0 Å². The number of nitrogens with zero attached hydrogens (tertiary/aromatic N) is 1. The molecule has 3 unspecified atom stereocenters. The zero-order valence-corrected chi connectivity index (χ0v) is 15.0. The van der Waals surface area contributed by atoms with Gasteiger partial charge in [0.2, 0.25) is 0 Å². The number of benzene rings is 1. The highest BCUT2D eigenvalue weighted by atomic mass is 32.2. The molecular weight excluding hydrogens is 290 g/mol. The quantitative estimate of drug-likeness (QED) is 0.644. The lowest BCUT2D eigenvalue weighted by molar-refractivity contribution is 0.606. The van der Waals surface area contributed by atoms with Gasteiger partial charge in [0.15, 0.2) is 5.96 Å². The lowest BCUT2D eigenvalue weighted by atomic mass is 10.0. The van der Waals surface area contributed by atoms with Gasteiger partial charge in [-0.05, 0) is 43.9 Å². The summed E-state index contributed by atoms with van der Waals surface area (Å²) in [7, 11) is 1.85. The van der Waals surface area contributed by atoms with Crippen molar-refractivity contribution in [2.24, 2.45) is 4.99 Å². The topological polar surface area (TPSA) is 36.4 Å². The Bertz CT molecular complexity index is 484. The van der Waals surface area contributed by atoms with Gasteiger partial charge < -0.3 is 10.6 Å². The van der Waals surface area contributed by atoms with Crippen LogP contribution in [0.2, 0.25) is 0 Å². The van der Waals surface area contributed by atoms with E-state index in [-0.39, 0.29) is 0 Å². The van der Waals surface area contributed by atoms with Gasteiger partial charge in [0.1, 0.15) is 0 Å². The molecule has 2 rings (SSSR count). The van der Waals surface area contributed by atoms with E-state index in [1.54, 1.807) is 0 Å². The summed E-state index contributed by atoms with van der Waals surface area (Å²) >= 11 is 1.99. The predicted molar refractivity (Wildman–Crippen MR) is 99.0 cm³/mol. The molecule has 122 valence electrons. The van der Waals surface area contributed by atoms with Crippen molar-refractivity contribution in [1.29, 1.82) is 0 Å². The van der Waals surface area contributed by atoms with E-state index in [2.05, 4.69) is 60.0 Å². The molecule has 1 aromatic carbocycles. The van der Waals surface area contributed by atoms with Gasteiger partial charge in [-0.15, -0.1) is 0 Å². The Kier molecular flexibility index (Phi) is 6.62. The van der Waals surface area contributed by atoms with Crippen LogP contribution in [0.25, 0.3) is 0 Å². The average molecular weight is 320 g/mol. The van der Waals surface area contributed by atoms with Crippen molar-refractivity contribution in [3.8, 4) is 0 Å². The summed E-state index contributed by atoms with van der Waals surface area (Å²) in [5.74, 6) is 1.41. The highest BCUT2D eigenvalue weighted by Gasteiger charge is 2.24. The Morgan fingerprint density at radius 2 is 2.05 bits per heavy atom. The largest absolute Gasteiger partial charge is 0.356 e. The number of aliphatic imine (C=N–C) groups is 1. The second-order valence-corrected chi connectivity index (χ2v) is 7.41. The zero-order valence-electron chi connectivity index (χ0n) is 14.2. The standard InChI is InChI=1S/C18H29N3S/c1-13-5-7-15(8-6-13)14(2)12-20-18(19-3)21-16-9-10-17(11-16)22-4/h5-8,14,16-17H,9-12H2,1-4H3,(H2,19,20,21). The second-order valence-electron chi connectivity index (χ2n) is 6.28. The molecular formula is C18H29N3S. The van der Waals surface area contributed by atoms with Crippen molar-refractivity contribution >= 4 is 17.7 Å². The lowest BCUT2D eigenvalue weighted by Gasteiger charge is -2.20. The molecule has 0 saturated heterocycles. The van der Waals surface area contributed by atoms with Crippen LogP contribution in [-0.4, -0.2) is 37.1 Å². The van der Waals surface area contributed by atoms with Crippen molar-refractivity contribution in [2.45, 2.75) is 50.3 Å². The third kappa shape index (κ3) is 4.94. The second kappa shape index (κ2) is 8.47. The molecule has 0 radical (unpaired) electrons. The molecule has 3 nitrogen and oxygen atoms in total. The first-order chi connectivity index (χ1) is 10.6. The van der Waals surface area contributed by atoms with E-state index in [1.165, 1.54) is 30.4 Å². The van der Waals surface area contributed by atoms with Gasteiger partial charge in [0.25, 0.3) is 0 Å². The summed E-state index contributed by atoms with van der Waals surface area (Å²) in [6.45, 7) is 5.29. The van der Waals surface area contributed by atoms with Crippen molar-refractivity contribution in [3.05, 3.63) is 35.4 Å². The molecule has 0 amide bonds. The number of guanidine groups is 1. The highest BCUT2D eigenvalue weighted by molar-refractivity contribution is 7.99. The molecule has 1 aromatic rings. The van der Waals surface area contributed by atoms with Crippen molar-refractivity contribution < 1.29 is 0 Å². The van der Waals surface area contributed by atoms with Crippen molar-refractivity contribution in [2.75, 3.05) is 19.8 Å². The summed E-state index contributed by atoms with van der Waals surface area (Å²) in [6.07, 6.45) is 6.02. The van der Waals surface area contributed by atoms with Crippen LogP contribution in [0.5, 0.6) is 0 Å². The molecule has 2 N–H and O–H groups in total. The van der Waals surface area contributed by atoms with Gasteiger partial charge in [-0.25, -0.2) is 0 Å². The van der Waals surface area contributed by atoms with Crippen LogP contribution >= 0.6 is 11.8 Å². The van der Waals surface area contributed by atoms with Gasteiger partial charge in [0.05, 0.1) is 0 Å². The molecule has 0 spiro atoms. The van der Waals surface area contributed by atoms with E-state index >= 15 is 0 Å². The molecule has 1 aliphatic rings. The summed E-state index contributed by atoms with van der Waals surface area (Å²) < 4.78 is 0. The van der Waals surface area contributed by atoms with E-state index in [0.29, 0.717) is 12.0 Å². The molecule has 0 aliphatic heterocycles. The Balaban J connectivity index is 1.80. The maximum atomic E-state index is 4.37. The van der Waals surface area contributed by atoms with Crippen LogP contribution in [0.1, 0.15) is 43.2 Å². The third-order valence-electron chi connectivity index (χ3n) is 4.50. The van der Waals surface area contributed by atoms with E-state index in [4.69, 9.17) is 0 Å². The smallest absolute Gasteiger partial charge is 0.191 e. The third-order valence-corrected chi connectivity index (χ3v) is 5.60. The number of aryl methyl sites for hydroxylation is 1. The molecule has 0 aromatic heterocycles. The summed E-state index contributed by atoms with van der Waals surface area (Å²) in [5.41, 5.74) is 2.68. The molecule has 1 fully saturated rings. The Hall–Kier alpha value is -1.16. The van der Waals surface area contributed by atoms with Crippen LogP contribution < -0.4 is 10.6 Å².